The number of nitriles is 1. The number of hydrogen-bond donors (Lipinski definition) is 1. The van der Waals surface area contributed by atoms with E-state index in [0.717, 1.165) is 6.42 Å². The van der Waals surface area contributed by atoms with Gasteiger partial charge in [0.2, 0.25) is 0 Å². The Bertz CT molecular complexity index is 358. The fourth-order valence-corrected chi connectivity index (χ4v) is 1.37. The first-order chi connectivity index (χ1) is 6.67. The molecule has 74 valence electrons. The Kier molecular flexibility index (Phi) is 4.06. The van der Waals surface area contributed by atoms with Crippen molar-refractivity contribution >= 4 is 28.9 Å². The van der Waals surface area contributed by atoms with E-state index >= 15 is 0 Å². The molecular formula is C10H10Cl2N2. The molecule has 0 aromatic heterocycles. The first-order valence-corrected chi connectivity index (χ1v) is 5.04. The minimum absolute atomic E-state index is 0.231. The third kappa shape index (κ3) is 2.80. The molecule has 2 nitrogen and oxygen atoms in total. The van der Waals surface area contributed by atoms with Crippen LogP contribution >= 0.6 is 23.2 Å². The average molecular weight is 229 g/mol. The van der Waals surface area contributed by atoms with Crippen molar-refractivity contribution in [1.29, 1.82) is 5.26 Å². The van der Waals surface area contributed by atoms with Gasteiger partial charge in [0.15, 0.2) is 0 Å². The van der Waals surface area contributed by atoms with Crippen LogP contribution in [0.2, 0.25) is 10.0 Å². The summed E-state index contributed by atoms with van der Waals surface area (Å²) >= 11 is 11.7. The molecular weight excluding hydrogens is 219 g/mol. The Morgan fingerprint density at radius 1 is 1.50 bits per heavy atom. The molecule has 1 unspecified atom stereocenters. The van der Waals surface area contributed by atoms with Crippen molar-refractivity contribution < 1.29 is 0 Å². The highest BCUT2D eigenvalue weighted by molar-refractivity contribution is 6.35. The van der Waals surface area contributed by atoms with Gasteiger partial charge in [-0.2, -0.15) is 5.26 Å². The zero-order chi connectivity index (χ0) is 10.6. The first kappa shape index (κ1) is 11.2. The van der Waals surface area contributed by atoms with Crippen molar-refractivity contribution in [3.05, 3.63) is 28.2 Å². The lowest BCUT2D eigenvalue weighted by Crippen LogP contribution is -2.15. The van der Waals surface area contributed by atoms with Crippen LogP contribution in [0, 0.1) is 11.3 Å². The fourth-order valence-electron chi connectivity index (χ4n) is 1.02. The maximum atomic E-state index is 8.76. The lowest BCUT2D eigenvalue weighted by molar-refractivity contribution is 0.845. The van der Waals surface area contributed by atoms with Crippen LogP contribution in [0.5, 0.6) is 0 Å². The number of benzene rings is 1. The van der Waals surface area contributed by atoms with Crippen LogP contribution in [0.1, 0.15) is 13.3 Å². The van der Waals surface area contributed by atoms with Gasteiger partial charge in [0.25, 0.3) is 0 Å². The van der Waals surface area contributed by atoms with Crippen LogP contribution in [0.15, 0.2) is 18.2 Å². The molecule has 1 N–H and O–H groups in total. The monoisotopic (exact) mass is 228 g/mol. The summed E-state index contributed by atoms with van der Waals surface area (Å²) in [6, 6.07) is 7.03. The zero-order valence-electron chi connectivity index (χ0n) is 7.72. The topological polar surface area (TPSA) is 35.8 Å². The third-order valence-electron chi connectivity index (χ3n) is 1.82. The lowest BCUT2D eigenvalue weighted by Gasteiger charge is -2.12. The first-order valence-electron chi connectivity index (χ1n) is 4.28. The number of rotatable bonds is 3. The number of hydrogen-bond acceptors (Lipinski definition) is 2. The van der Waals surface area contributed by atoms with E-state index in [2.05, 4.69) is 11.4 Å². The summed E-state index contributed by atoms with van der Waals surface area (Å²) in [4.78, 5) is 0. The van der Waals surface area contributed by atoms with Crippen molar-refractivity contribution in [3.63, 3.8) is 0 Å². The molecule has 0 fully saturated rings. The molecule has 0 bridgehead atoms. The smallest absolute Gasteiger partial charge is 0.114 e. The fraction of sp³-hybridized carbons (Fsp3) is 0.300. The Morgan fingerprint density at radius 3 is 2.79 bits per heavy atom. The van der Waals surface area contributed by atoms with Crippen LogP contribution in [-0.2, 0) is 0 Å². The van der Waals surface area contributed by atoms with Crippen LogP contribution < -0.4 is 5.32 Å². The standard InChI is InChI=1S/C10H10Cl2N2/c1-2-8(6-13)14-10-5-7(11)3-4-9(10)12/h3-5,8,14H,2H2,1H3. The molecule has 0 radical (unpaired) electrons. The molecule has 1 rings (SSSR count). The number of nitrogens with one attached hydrogen (secondary N) is 1. The predicted molar refractivity (Wildman–Crippen MR) is 59.8 cm³/mol. The zero-order valence-corrected chi connectivity index (χ0v) is 9.23. The Balaban J connectivity index is 2.86. The van der Waals surface area contributed by atoms with Crippen LogP contribution in [-0.4, -0.2) is 6.04 Å². The Labute approximate surface area is 93.4 Å². The van der Waals surface area contributed by atoms with Gasteiger partial charge in [0.05, 0.1) is 16.8 Å². The second kappa shape index (κ2) is 5.09. The summed E-state index contributed by atoms with van der Waals surface area (Å²) in [6.45, 7) is 1.93. The number of nitrogens with zero attached hydrogens (tertiary/aromatic N) is 1. The number of halogens is 2. The summed E-state index contributed by atoms with van der Waals surface area (Å²) in [7, 11) is 0. The van der Waals surface area contributed by atoms with Crippen molar-refractivity contribution in [2.45, 2.75) is 19.4 Å². The molecule has 0 saturated heterocycles. The highest BCUT2D eigenvalue weighted by Crippen LogP contribution is 2.26. The predicted octanol–water partition coefficient (Wildman–Crippen LogP) is 3.71. The van der Waals surface area contributed by atoms with Crippen molar-refractivity contribution in [1.82, 2.24) is 0 Å². The highest BCUT2D eigenvalue weighted by Gasteiger charge is 2.07. The minimum atomic E-state index is -0.231. The van der Waals surface area contributed by atoms with Crippen LogP contribution in [0.3, 0.4) is 0 Å². The SMILES string of the molecule is CCC(C#N)Nc1cc(Cl)ccc1Cl. The van der Waals surface area contributed by atoms with E-state index in [1.165, 1.54) is 0 Å². The molecule has 0 amide bonds. The third-order valence-corrected chi connectivity index (χ3v) is 2.39. The molecule has 0 aliphatic carbocycles. The van der Waals surface area contributed by atoms with Gasteiger partial charge in [-0.05, 0) is 24.6 Å². The summed E-state index contributed by atoms with van der Waals surface area (Å²) in [5, 5.41) is 12.9. The van der Waals surface area contributed by atoms with E-state index < -0.39 is 0 Å². The summed E-state index contributed by atoms with van der Waals surface area (Å²) < 4.78 is 0. The molecule has 4 heteroatoms. The van der Waals surface area contributed by atoms with E-state index in [1.54, 1.807) is 18.2 Å². The summed E-state index contributed by atoms with van der Waals surface area (Å²) in [5.41, 5.74) is 0.701. The Hall–Kier alpha value is -0.910. The molecule has 0 saturated carbocycles. The van der Waals surface area contributed by atoms with Gasteiger partial charge in [-0.3, -0.25) is 0 Å². The largest absolute Gasteiger partial charge is 0.369 e. The van der Waals surface area contributed by atoms with E-state index in [9.17, 15) is 0 Å². The molecule has 0 aliphatic heterocycles. The Morgan fingerprint density at radius 2 is 2.21 bits per heavy atom. The van der Waals surface area contributed by atoms with Gasteiger partial charge in [-0.15, -0.1) is 0 Å². The van der Waals surface area contributed by atoms with Gasteiger partial charge in [0, 0.05) is 5.02 Å². The second-order valence-corrected chi connectivity index (χ2v) is 3.70. The normalized spacial score (nSPS) is 11.9. The molecule has 1 atom stereocenters. The van der Waals surface area contributed by atoms with Crippen LogP contribution in [0.4, 0.5) is 5.69 Å². The maximum absolute atomic E-state index is 8.76. The highest BCUT2D eigenvalue weighted by atomic mass is 35.5. The molecule has 14 heavy (non-hydrogen) atoms. The van der Waals surface area contributed by atoms with Crippen molar-refractivity contribution in [3.8, 4) is 6.07 Å². The van der Waals surface area contributed by atoms with E-state index in [-0.39, 0.29) is 6.04 Å². The van der Waals surface area contributed by atoms with Crippen LogP contribution in [0.25, 0.3) is 0 Å². The second-order valence-electron chi connectivity index (χ2n) is 2.86. The van der Waals surface area contributed by atoms with Gasteiger partial charge in [0.1, 0.15) is 6.04 Å². The molecule has 0 heterocycles. The summed E-state index contributed by atoms with van der Waals surface area (Å²) in [5.74, 6) is 0. The average Bonchev–Trinajstić information content (AvgIpc) is 2.19. The van der Waals surface area contributed by atoms with Gasteiger partial charge >= 0.3 is 0 Å². The van der Waals surface area contributed by atoms with Gasteiger partial charge in [-0.1, -0.05) is 30.1 Å². The quantitative estimate of drug-likeness (QED) is 0.857. The van der Waals surface area contributed by atoms with Gasteiger partial charge < -0.3 is 5.32 Å². The van der Waals surface area contributed by atoms with Crippen molar-refractivity contribution in [2.75, 3.05) is 5.32 Å². The van der Waals surface area contributed by atoms with E-state index in [4.69, 9.17) is 28.5 Å². The number of anilines is 1. The van der Waals surface area contributed by atoms with E-state index in [0.29, 0.717) is 15.7 Å². The summed E-state index contributed by atoms with van der Waals surface area (Å²) in [6.07, 6.45) is 0.722. The molecule has 1 aromatic carbocycles. The lowest BCUT2D eigenvalue weighted by atomic mass is 10.2. The molecule has 0 aliphatic rings. The molecule has 1 aromatic rings. The van der Waals surface area contributed by atoms with Gasteiger partial charge in [-0.25, -0.2) is 0 Å². The minimum Gasteiger partial charge on any atom is -0.369 e. The molecule has 0 spiro atoms. The van der Waals surface area contributed by atoms with Crippen molar-refractivity contribution in [2.24, 2.45) is 0 Å². The maximum Gasteiger partial charge on any atom is 0.114 e. The van der Waals surface area contributed by atoms with E-state index in [1.807, 2.05) is 6.92 Å².